The van der Waals surface area contributed by atoms with Gasteiger partial charge in [-0.15, -0.1) is 0 Å². The smallest absolute Gasteiger partial charge is 0.274 e. The molecular weight excluding hydrogens is 432 g/mol. The van der Waals surface area contributed by atoms with Gasteiger partial charge in [-0.05, 0) is 19.4 Å². The van der Waals surface area contributed by atoms with E-state index in [1.807, 2.05) is 13.8 Å². The van der Waals surface area contributed by atoms with Crippen molar-refractivity contribution in [3.63, 3.8) is 0 Å². The number of hydrogen-bond donors (Lipinski definition) is 0. The van der Waals surface area contributed by atoms with E-state index in [4.69, 9.17) is 0 Å². The molecule has 0 aromatic carbocycles. The number of likely N-dealkylation sites (tertiary alicyclic amines) is 1. The normalized spacial score (nSPS) is 27.4. The molecule has 3 aliphatic heterocycles. The molecule has 0 bridgehead atoms. The molecule has 1 aromatic rings. The van der Waals surface area contributed by atoms with Crippen molar-refractivity contribution in [2.45, 2.75) is 38.9 Å². The average Bonchev–Trinajstić information content (AvgIpc) is 3.25. The second kappa shape index (κ2) is 8.68. The molecule has 0 radical (unpaired) electrons. The first-order valence-corrected chi connectivity index (χ1v) is 13.0. The van der Waals surface area contributed by atoms with Gasteiger partial charge in [0.05, 0.1) is 42.3 Å². The highest BCUT2D eigenvalue weighted by Crippen LogP contribution is 2.41. The van der Waals surface area contributed by atoms with Crippen LogP contribution in [0.3, 0.4) is 0 Å². The molecule has 0 unspecified atom stereocenters. The van der Waals surface area contributed by atoms with E-state index in [-0.39, 0.29) is 17.5 Å². The molecule has 0 N–H and O–H groups in total. The van der Waals surface area contributed by atoms with Crippen LogP contribution in [0.5, 0.6) is 0 Å². The van der Waals surface area contributed by atoms with Crippen LogP contribution in [-0.2, 0) is 21.4 Å². The summed E-state index contributed by atoms with van der Waals surface area (Å²) in [6.45, 7) is 8.83. The van der Waals surface area contributed by atoms with Gasteiger partial charge in [-0.3, -0.25) is 19.5 Å². The van der Waals surface area contributed by atoms with Crippen LogP contribution in [0.15, 0.2) is 12.4 Å². The third-order valence-electron chi connectivity index (χ3n) is 6.83. The standard InChI is InChI=1S/C21H32N6O4S/c1-14(2)18-19-17(27(21(18)29)32(4,30)31)5-6-26(19)20(28)16-12-22-15(11-23-16)13-25-9-7-24(3)8-10-25/h11-12,14,17-19H,5-10,13H2,1-4H3/t17-,18+,19-/m0/s1. The summed E-state index contributed by atoms with van der Waals surface area (Å²) in [5, 5.41) is 0. The molecule has 1 aromatic heterocycles. The van der Waals surface area contributed by atoms with Gasteiger partial charge in [-0.2, -0.15) is 0 Å². The van der Waals surface area contributed by atoms with E-state index >= 15 is 0 Å². The lowest BCUT2D eigenvalue weighted by Crippen LogP contribution is -2.44. The fourth-order valence-electron chi connectivity index (χ4n) is 5.20. The van der Waals surface area contributed by atoms with Crippen molar-refractivity contribution < 1.29 is 18.0 Å². The first-order chi connectivity index (χ1) is 15.1. The van der Waals surface area contributed by atoms with Crippen molar-refractivity contribution in [1.82, 2.24) is 29.0 Å². The number of carbonyl (C=O) groups is 2. The summed E-state index contributed by atoms with van der Waals surface area (Å²) in [5.41, 5.74) is 1.03. The second-order valence-corrected chi connectivity index (χ2v) is 11.3. The van der Waals surface area contributed by atoms with Gasteiger partial charge in [0.2, 0.25) is 15.9 Å². The Morgan fingerprint density at radius 2 is 1.81 bits per heavy atom. The third-order valence-corrected chi connectivity index (χ3v) is 8.00. The molecule has 0 spiro atoms. The van der Waals surface area contributed by atoms with Crippen molar-refractivity contribution >= 4 is 21.8 Å². The number of likely N-dealkylation sites (N-methyl/N-ethyl adjacent to an activating group) is 1. The zero-order valence-electron chi connectivity index (χ0n) is 19.1. The quantitative estimate of drug-likeness (QED) is 0.594. The molecule has 0 saturated carbocycles. The minimum Gasteiger partial charge on any atom is -0.331 e. The minimum absolute atomic E-state index is 0.0906. The molecule has 0 aliphatic carbocycles. The van der Waals surface area contributed by atoms with E-state index in [1.54, 1.807) is 11.1 Å². The molecule has 4 rings (SSSR count). The van der Waals surface area contributed by atoms with Crippen LogP contribution >= 0.6 is 0 Å². The summed E-state index contributed by atoms with van der Waals surface area (Å²) in [4.78, 5) is 41.3. The fraction of sp³-hybridized carbons (Fsp3) is 0.714. The summed E-state index contributed by atoms with van der Waals surface area (Å²) in [5.74, 6) is -1.36. The number of fused-ring (bicyclic) bond motifs is 1. The predicted octanol–water partition coefficient (Wildman–Crippen LogP) is -0.119. The zero-order valence-corrected chi connectivity index (χ0v) is 20.0. The number of rotatable bonds is 5. The van der Waals surface area contributed by atoms with E-state index in [2.05, 4.69) is 26.8 Å². The Morgan fingerprint density at radius 1 is 1.12 bits per heavy atom. The number of hydrogen-bond acceptors (Lipinski definition) is 8. The predicted molar refractivity (Wildman–Crippen MR) is 118 cm³/mol. The molecule has 11 heteroatoms. The topological polar surface area (TPSA) is 107 Å². The maximum atomic E-state index is 13.3. The summed E-state index contributed by atoms with van der Waals surface area (Å²) < 4.78 is 25.6. The van der Waals surface area contributed by atoms with Gasteiger partial charge < -0.3 is 9.80 Å². The van der Waals surface area contributed by atoms with E-state index < -0.39 is 33.9 Å². The van der Waals surface area contributed by atoms with Crippen LogP contribution in [0, 0.1) is 11.8 Å². The molecule has 32 heavy (non-hydrogen) atoms. The van der Waals surface area contributed by atoms with Crippen molar-refractivity contribution in [3.8, 4) is 0 Å². The monoisotopic (exact) mass is 464 g/mol. The zero-order chi connectivity index (χ0) is 23.2. The highest BCUT2D eigenvalue weighted by Gasteiger charge is 2.58. The first-order valence-electron chi connectivity index (χ1n) is 11.1. The highest BCUT2D eigenvalue weighted by molar-refractivity contribution is 7.88. The maximum absolute atomic E-state index is 13.3. The molecule has 3 atom stereocenters. The van der Waals surface area contributed by atoms with Crippen molar-refractivity contribution in [2.75, 3.05) is 46.0 Å². The number of amides is 2. The second-order valence-electron chi connectivity index (χ2n) is 9.48. The van der Waals surface area contributed by atoms with Crippen LogP contribution in [-0.4, -0.2) is 107 Å². The molecular formula is C21H32N6O4S. The largest absolute Gasteiger partial charge is 0.331 e. The maximum Gasteiger partial charge on any atom is 0.274 e. The van der Waals surface area contributed by atoms with Gasteiger partial charge in [-0.1, -0.05) is 13.8 Å². The van der Waals surface area contributed by atoms with Gasteiger partial charge in [-0.25, -0.2) is 17.7 Å². The van der Waals surface area contributed by atoms with Crippen LogP contribution in [0.25, 0.3) is 0 Å². The molecule has 2 amide bonds. The first kappa shape index (κ1) is 23.1. The Kier molecular flexibility index (Phi) is 6.25. The Bertz CT molecular complexity index is 975. The van der Waals surface area contributed by atoms with Crippen molar-refractivity contribution in [2.24, 2.45) is 11.8 Å². The lowest BCUT2D eigenvalue weighted by atomic mass is 9.88. The van der Waals surface area contributed by atoms with E-state index in [0.29, 0.717) is 19.5 Å². The van der Waals surface area contributed by atoms with E-state index in [1.165, 1.54) is 6.20 Å². The molecule has 4 heterocycles. The van der Waals surface area contributed by atoms with Gasteiger partial charge in [0, 0.05) is 39.3 Å². The lowest BCUT2D eigenvalue weighted by molar-refractivity contribution is -0.129. The lowest BCUT2D eigenvalue weighted by Gasteiger charge is -2.32. The van der Waals surface area contributed by atoms with Crippen molar-refractivity contribution in [3.05, 3.63) is 23.8 Å². The van der Waals surface area contributed by atoms with Gasteiger partial charge in [0.25, 0.3) is 5.91 Å². The third kappa shape index (κ3) is 4.25. The minimum atomic E-state index is -3.70. The summed E-state index contributed by atoms with van der Waals surface area (Å²) in [6.07, 6.45) is 4.63. The van der Waals surface area contributed by atoms with Gasteiger partial charge in [0.1, 0.15) is 5.69 Å². The fourth-order valence-corrected chi connectivity index (χ4v) is 6.37. The van der Waals surface area contributed by atoms with E-state index in [0.717, 1.165) is 42.4 Å². The highest BCUT2D eigenvalue weighted by atomic mass is 32.2. The molecule has 3 saturated heterocycles. The molecule has 10 nitrogen and oxygen atoms in total. The number of sulfonamides is 1. The Hall–Kier alpha value is -2.11. The molecule has 3 fully saturated rings. The van der Waals surface area contributed by atoms with Gasteiger partial charge >= 0.3 is 0 Å². The van der Waals surface area contributed by atoms with E-state index in [9.17, 15) is 18.0 Å². The Labute approximate surface area is 189 Å². The summed E-state index contributed by atoms with van der Waals surface area (Å²) in [7, 11) is -1.59. The number of aromatic nitrogens is 2. The average molecular weight is 465 g/mol. The Balaban J connectivity index is 1.50. The van der Waals surface area contributed by atoms with Crippen LogP contribution in [0.4, 0.5) is 0 Å². The van der Waals surface area contributed by atoms with Crippen LogP contribution in [0.2, 0.25) is 0 Å². The summed E-state index contributed by atoms with van der Waals surface area (Å²) >= 11 is 0. The van der Waals surface area contributed by atoms with Crippen molar-refractivity contribution in [1.29, 1.82) is 0 Å². The number of carbonyl (C=O) groups excluding carboxylic acids is 2. The Morgan fingerprint density at radius 3 is 2.38 bits per heavy atom. The number of nitrogens with zero attached hydrogens (tertiary/aromatic N) is 6. The van der Waals surface area contributed by atoms with Crippen LogP contribution < -0.4 is 0 Å². The summed E-state index contributed by atoms with van der Waals surface area (Å²) in [6, 6.07) is -0.991. The van der Waals surface area contributed by atoms with Gasteiger partial charge in [0.15, 0.2) is 0 Å². The van der Waals surface area contributed by atoms with Crippen LogP contribution in [0.1, 0.15) is 36.5 Å². The number of piperazine rings is 1. The molecule has 176 valence electrons. The molecule has 3 aliphatic rings. The SMILES string of the molecule is CC(C)[C@H]1C(=O)N(S(C)(=O)=O)[C@H]2CCN(C(=O)c3cnc(CN4CCN(C)CC4)cn3)[C@H]12.